The van der Waals surface area contributed by atoms with Crippen LogP contribution in [0.2, 0.25) is 0 Å². The SMILES string of the molecule is CC(C)(C)OC(=O)N1CC2(CC=C(c3cccc4nc(NC(=O)C5CC5)nn34)C2)C1. The normalized spacial score (nSPS) is 20.2. The topological polar surface area (TPSA) is 88.8 Å². The van der Waals surface area contributed by atoms with Crippen LogP contribution in [-0.4, -0.2) is 50.2 Å². The van der Waals surface area contributed by atoms with Gasteiger partial charge in [0.1, 0.15) is 5.60 Å². The molecule has 1 spiro atoms. The number of nitrogens with one attached hydrogen (secondary N) is 1. The van der Waals surface area contributed by atoms with Gasteiger partial charge in [0.05, 0.1) is 5.69 Å². The standard InChI is InChI=1S/C22H27N5O3/c1-21(2,3)30-20(29)26-12-22(13-26)10-9-15(11-22)16-5-4-6-17-23-19(25-27(16)17)24-18(28)14-7-8-14/h4-6,9,14H,7-8,10-13H2,1-3H3,(H,24,25,28). The van der Waals surface area contributed by atoms with Gasteiger partial charge in [0.25, 0.3) is 0 Å². The maximum atomic E-state index is 12.3. The molecule has 0 unspecified atom stereocenters. The molecule has 3 heterocycles. The van der Waals surface area contributed by atoms with Crippen molar-refractivity contribution >= 4 is 29.2 Å². The minimum absolute atomic E-state index is 0.00296. The fourth-order valence-corrected chi connectivity index (χ4v) is 4.30. The van der Waals surface area contributed by atoms with Crippen LogP contribution in [0.1, 0.15) is 52.1 Å². The van der Waals surface area contributed by atoms with Crippen molar-refractivity contribution in [2.75, 3.05) is 18.4 Å². The van der Waals surface area contributed by atoms with Crippen LogP contribution < -0.4 is 5.32 Å². The highest BCUT2D eigenvalue weighted by Crippen LogP contribution is 2.48. The lowest BCUT2D eigenvalue weighted by atomic mass is 9.77. The number of ether oxygens (including phenoxy) is 1. The summed E-state index contributed by atoms with van der Waals surface area (Å²) in [6.45, 7) is 7.07. The second-order valence-corrected chi connectivity index (χ2v) is 9.83. The Bertz CT molecular complexity index is 1050. The first-order valence-electron chi connectivity index (χ1n) is 10.6. The van der Waals surface area contributed by atoms with Crippen LogP contribution in [0.15, 0.2) is 24.3 Å². The summed E-state index contributed by atoms with van der Waals surface area (Å²) in [7, 11) is 0. The molecular formula is C22H27N5O3. The summed E-state index contributed by atoms with van der Waals surface area (Å²) >= 11 is 0. The Labute approximate surface area is 175 Å². The van der Waals surface area contributed by atoms with Gasteiger partial charge in [0.2, 0.25) is 11.9 Å². The summed E-state index contributed by atoms with van der Waals surface area (Å²) < 4.78 is 7.29. The number of carbonyl (C=O) groups is 2. The molecular weight excluding hydrogens is 382 g/mol. The van der Waals surface area contributed by atoms with Gasteiger partial charge in [-0.25, -0.2) is 9.31 Å². The van der Waals surface area contributed by atoms with Crippen molar-refractivity contribution in [3.8, 4) is 0 Å². The van der Waals surface area contributed by atoms with E-state index in [4.69, 9.17) is 4.74 Å². The molecule has 2 aromatic rings. The molecule has 8 nitrogen and oxygen atoms in total. The first-order chi connectivity index (χ1) is 14.2. The van der Waals surface area contributed by atoms with Crippen LogP contribution in [0.4, 0.5) is 10.7 Å². The number of nitrogens with zero attached hydrogens (tertiary/aromatic N) is 4. The predicted octanol–water partition coefficient (Wildman–Crippen LogP) is 3.49. The van der Waals surface area contributed by atoms with Gasteiger partial charge in [-0.2, -0.15) is 4.98 Å². The highest BCUT2D eigenvalue weighted by atomic mass is 16.6. The average molecular weight is 409 g/mol. The predicted molar refractivity (Wildman–Crippen MR) is 112 cm³/mol. The van der Waals surface area contributed by atoms with E-state index in [-0.39, 0.29) is 23.3 Å². The largest absolute Gasteiger partial charge is 0.444 e. The Morgan fingerprint density at radius 2 is 2.00 bits per heavy atom. The van der Waals surface area contributed by atoms with Gasteiger partial charge in [0.15, 0.2) is 5.65 Å². The van der Waals surface area contributed by atoms with Gasteiger partial charge < -0.3 is 9.64 Å². The van der Waals surface area contributed by atoms with Gasteiger partial charge in [-0.05, 0) is 64.2 Å². The summed E-state index contributed by atoms with van der Waals surface area (Å²) in [5.41, 5.74) is 2.50. The van der Waals surface area contributed by atoms with E-state index in [1.165, 1.54) is 5.57 Å². The van der Waals surface area contributed by atoms with Crippen molar-refractivity contribution in [2.45, 2.75) is 52.1 Å². The van der Waals surface area contributed by atoms with Gasteiger partial charge in [0, 0.05) is 24.4 Å². The van der Waals surface area contributed by atoms with E-state index in [0.717, 1.165) is 31.4 Å². The van der Waals surface area contributed by atoms with Crippen molar-refractivity contribution in [3.63, 3.8) is 0 Å². The summed E-state index contributed by atoms with van der Waals surface area (Å²) in [5, 5.41) is 7.36. The van der Waals surface area contributed by atoms with Gasteiger partial charge >= 0.3 is 6.09 Å². The van der Waals surface area contributed by atoms with E-state index in [1.54, 1.807) is 9.42 Å². The van der Waals surface area contributed by atoms with E-state index in [0.29, 0.717) is 24.7 Å². The molecule has 5 rings (SSSR count). The van der Waals surface area contributed by atoms with Crippen LogP contribution in [-0.2, 0) is 9.53 Å². The molecule has 1 saturated carbocycles. The summed E-state index contributed by atoms with van der Waals surface area (Å²) in [6, 6.07) is 5.89. The number of hydrogen-bond acceptors (Lipinski definition) is 5. The fraction of sp³-hybridized carbons (Fsp3) is 0.545. The quantitative estimate of drug-likeness (QED) is 0.838. The van der Waals surface area contributed by atoms with Gasteiger partial charge in [-0.15, -0.1) is 5.10 Å². The van der Waals surface area contributed by atoms with Crippen LogP contribution in [0, 0.1) is 11.3 Å². The highest BCUT2D eigenvalue weighted by Gasteiger charge is 2.48. The Morgan fingerprint density at radius 1 is 1.23 bits per heavy atom. The third kappa shape index (κ3) is 3.55. The Hall–Kier alpha value is -2.90. The van der Waals surface area contributed by atoms with E-state index in [1.807, 2.05) is 39.0 Å². The number of hydrogen-bond donors (Lipinski definition) is 1. The molecule has 0 bridgehead atoms. The molecule has 0 atom stereocenters. The van der Waals surface area contributed by atoms with Crippen molar-refractivity contribution in [2.24, 2.45) is 11.3 Å². The fourth-order valence-electron chi connectivity index (χ4n) is 4.30. The minimum atomic E-state index is -0.478. The zero-order valence-electron chi connectivity index (χ0n) is 17.6. The monoisotopic (exact) mass is 409 g/mol. The number of likely N-dealkylation sites (tertiary alicyclic amines) is 1. The van der Waals surface area contributed by atoms with Gasteiger partial charge in [-0.3, -0.25) is 10.1 Å². The van der Waals surface area contributed by atoms with Crippen molar-refractivity contribution < 1.29 is 14.3 Å². The molecule has 0 radical (unpaired) electrons. The number of amides is 2. The molecule has 1 saturated heterocycles. The van der Waals surface area contributed by atoms with E-state index >= 15 is 0 Å². The summed E-state index contributed by atoms with van der Waals surface area (Å²) in [4.78, 5) is 30.6. The number of rotatable bonds is 3. The van der Waals surface area contributed by atoms with Gasteiger partial charge in [-0.1, -0.05) is 12.1 Å². The van der Waals surface area contributed by atoms with Crippen LogP contribution in [0.25, 0.3) is 11.2 Å². The first kappa shape index (κ1) is 19.1. The molecule has 1 aliphatic heterocycles. The molecule has 0 aromatic carbocycles. The lowest BCUT2D eigenvalue weighted by molar-refractivity contribution is -0.117. The van der Waals surface area contributed by atoms with Crippen LogP contribution in [0.5, 0.6) is 0 Å². The number of pyridine rings is 1. The van der Waals surface area contributed by atoms with E-state index in [9.17, 15) is 9.59 Å². The Morgan fingerprint density at radius 3 is 2.70 bits per heavy atom. The highest BCUT2D eigenvalue weighted by molar-refractivity contribution is 5.92. The molecule has 3 aliphatic rings. The average Bonchev–Trinajstić information content (AvgIpc) is 3.25. The second-order valence-electron chi connectivity index (χ2n) is 9.83. The summed E-state index contributed by atoms with van der Waals surface area (Å²) in [5.74, 6) is 0.468. The van der Waals surface area contributed by atoms with Crippen molar-refractivity contribution in [1.29, 1.82) is 0 Å². The van der Waals surface area contributed by atoms with Crippen molar-refractivity contribution in [1.82, 2.24) is 19.5 Å². The third-order valence-corrected chi connectivity index (χ3v) is 5.92. The maximum absolute atomic E-state index is 12.3. The molecule has 2 amide bonds. The van der Waals surface area contributed by atoms with Crippen molar-refractivity contribution in [3.05, 3.63) is 30.0 Å². The molecule has 8 heteroatoms. The third-order valence-electron chi connectivity index (χ3n) is 5.92. The Balaban J connectivity index is 1.28. The maximum Gasteiger partial charge on any atom is 0.410 e. The number of allylic oxidation sites excluding steroid dienone is 2. The second kappa shape index (κ2) is 6.55. The number of fused-ring (bicyclic) bond motifs is 1. The summed E-state index contributed by atoms with van der Waals surface area (Å²) in [6.07, 6.45) is 5.70. The molecule has 30 heavy (non-hydrogen) atoms. The van der Waals surface area contributed by atoms with Crippen LogP contribution >= 0.6 is 0 Å². The molecule has 1 N–H and O–H groups in total. The first-order valence-corrected chi connectivity index (χ1v) is 10.6. The number of aromatic nitrogens is 3. The van der Waals surface area contributed by atoms with E-state index in [2.05, 4.69) is 21.5 Å². The smallest absolute Gasteiger partial charge is 0.410 e. The van der Waals surface area contributed by atoms with E-state index < -0.39 is 5.60 Å². The lowest BCUT2D eigenvalue weighted by Gasteiger charge is -2.48. The number of anilines is 1. The Kier molecular flexibility index (Phi) is 4.17. The zero-order valence-corrected chi connectivity index (χ0v) is 17.6. The molecule has 158 valence electrons. The minimum Gasteiger partial charge on any atom is -0.444 e. The molecule has 2 aliphatic carbocycles. The number of carbonyl (C=O) groups excluding carboxylic acids is 2. The molecule has 2 aromatic heterocycles. The molecule has 2 fully saturated rings. The zero-order chi connectivity index (χ0) is 21.1. The lowest BCUT2D eigenvalue weighted by Crippen LogP contribution is -2.58. The van der Waals surface area contributed by atoms with Crippen LogP contribution in [0.3, 0.4) is 0 Å².